The summed E-state index contributed by atoms with van der Waals surface area (Å²) >= 11 is 1.39. The first kappa shape index (κ1) is 17.7. The van der Waals surface area contributed by atoms with Gasteiger partial charge in [0.15, 0.2) is 0 Å². The van der Waals surface area contributed by atoms with Crippen LogP contribution in [0.4, 0.5) is 4.39 Å². The number of carbonyl (C=O) groups excluding carboxylic acids is 1. The number of benzene rings is 2. The molecule has 0 saturated carbocycles. The number of nitrogens with zero attached hydrogens (tertiary/aromatic N) is 1. The van der Waals surface area contributed by atoms with E-state index in [4.69, 9.17) is 4.74 Å². The van der Waals surface area contributed by atoms with Crippen molar-refractivity contribution in [1.82, 2.24) is 10.3 Å². The van der Waals surface area contributed by atoms with Crippen LogP contribution in [0.25, 0.3) is 0 Å². The van der Waals surface area contributed by atoms with E-state index in [2.05, 4.69) is 10.3 Å². The molecule has 4 nitrogen and oxygen atoms in total. The highest BCUT2D eigenvalue weighted by Gasteiger charge is 2.25. The Hall–Kier alpha value is -2.73. The average molecular weight is 382 g/mol. The van der Waals surface area contributed by atoms with Gasteiger partial charge in [0.25, 0.3) is 5.91 Å². The molecule has 1 N–H and O–H groups in total. The van der Waals surface area contributed by atoms with E-state index in [0.29, 0.717) is 17.9 Å². The Labute approximate surface area is 161 Å². The van der Waals surface area contributed by atoms with Gasteiger partial charge in [0.1, 0.15) is 16.4 Å². The molecule has 1 atom stereocenters. The minimum absolute atomic E-state index is 0.0653. The summed E-state index contributed by atoms with van der Waals surface area (Å²) in [6.07, 6.45) is 1.32. The van der Waals surface area contributed by atoms with Gasteiger partial charge in [0, 0.05) is 18.4 Å². The van der Waals surface area contributed by atoms with Gasteiger partial charge in [0.2, 0.25) is 0 Å². The maximum absolute atomic E-state index is 13.1. The highest BCUT2D eigenvalue weighted by molar-refractivity contribution is 7.13. The van der Waals surface area contributed by atoms with Gasteiger partial charge in [0.05, 0.1) is 23.4 Å². The van der Waals surface area contributed by atoms with Crippen LogP contribution in [0.1, 0.15) is 44.0 Å². The topological polar surface area (TPSA) is 51.2 Å². The van der Waals surface area contributed by atoms with Crippen LogP contribution in [0.5, 0.6) is 5.75 Å². The molecule has 1 aliphatic rings. The van der Waals surface area contributed by atoms with Crippen molar-refractivity contribution in [1.29, 1.82) is 0 Å². The lowest BCUT2D eigenvalue weighted by atomic mass is 10.0. The second-order valence-electron chi connectivity index (χ2n) is 6.53. The van der Waals surface area contributed by atoms with Crippen molar-refractivity contribution in [3.05, 3.63) is 81.1 Å². The Kier molecular flexibility index (Phi) is 4.90. The van der Waals surface area contributed by atoms with Gasteiger partial charge in [-0.05, 0) is 30.7 Å². The van der Waals surface area contributed by atoms with Crippen LogP contribution in [0.2, 0.25) is 0 Å². The molecule has 2 heterocycles. The lowest BCUT2D eigenvalue weighted by Crippen LogP contribution is -2.32. The molecule has 2 aromatic carbocycles. The monoisotopic (exact) mass is 382 g/mol. The highest BCUT2D eigenvalue weighted by atomic mass is 32.1. The van der Waals surface area contributed by atoms with Crippen LogP contribution in [-0.4, -0.2) is 17.5 Å². The summed E-state index contributed by atoms with van der Waals surface area (Å²) in [5, 5.41) is 3.96. The molecule has 3 aromatic rings. The molecule has 0 saturated heterocycles. The third-order valence-corrected chi connectivity index (χ3v) is 5.74. The standard InChI is InChI=1S/C21H19FN2O2S/c1-13-20(27-19(23-13)12-14-6-8-15(22)9-7-14)21(25)24-17-10-11-26-18-5-3-2-4-16(17)18/h2-9,17H,10-12H2,1H3,(H,24,25). The maximum atomic E-state index is 13.1. The first-order chi connectivity index (χ1) is 13.1. The number of aryl methyl sites for hydroxylation is 1. The van der Waals surface area contributed by atoms with Crippen LogP contribution in [0.15, 0.2) is 48.5 Å². The largest absolute Gasteiger partial charge is 0.493 e. The number of nitrogens with one attached hydrogen (secondary N) is 1. The van der Waals surface area contributed by atoms with Crippen LogP contribution in [-0.2, 0) is 6.42 Å². The van der Waals surface area contributed by atoms with Crippen molar-refractivity contribution < 1.29 is 13.9 Å². The van der Waals surface area contributed by atoms with E-state index in [0.717, 1.165) is 34.0 Å². The zero-order chi connectivity index (χ0) is 18.8. The Morgan fingerprint density at radius 2 is 2.04 bits per heavy atom. The van der Waals surface area contributed by atoms with Crippen LogP contribution in [0, 0.1) is 12.7 Å². The number of para-hydroxylation sites is 1. The van der Waals surface area contributed by atoms with E-state index >= 15 is 0 Å². The van der Waals surface area contributed by atoms with Crippen LogP contribution < -0.4 is 10.1 Å². The Bertz CT molecular complexity index is 969. The van der Waals surface area contributed by atoms with Gasteiger partial charge in [-0.15, -0.1) is 11.3 Å². The molecule has 0 spiro atoms. The van der Waals surface area contributed by atoms with Crippen molar-refractivity contribution >= 4 is 17.2 Å². The average Bonchev–Trinajstić information content (AvgIpc) is 3.04. The van der Waals surface area contributed by atoms with Gasteiger partial charge in [-0.3, -0.25) is 4.79 Å². The number of aromatic nitrogens is 1. The minimum Gasteiger partial charge on any atom is -0.493 e. The summed E-state index contributed by atoms with van der Waals surface area (Å²) in [5.41, 5.74) is 2.69. The molecular weight excluding hydrogens is 363 g/mol. The molecule has 0 radical (unpaired) electrons. The second kappa shape index (κ2) is 7.48. The summed E-state index contributed by atoms with van der Waals surface area (Å²) in [6, 6.07) is 14.1. The first-order valence-electron chi connectivity index (χ1n) is 8.83. The molecule has 1 aliphatic heterocycles. The van der Waals surface area contributed by atoms with Crippen LogP contribution in [0.3, 0.4) is 0 Å². The lowest BCUT2D eigenvalue weighted by molar-refractivity contribution is 0.0928. The summed E-state index contributed by atoms with van der Waals surface area (Å²) in [5.74, 6) is 0.454. The molecule has 27 heavy (non-hydrogen) atoms. The third-order valence-electron chi connectivity index (χ3n) is 4.58. The summed E-state index contributed by atoms with van der Waals surface area (Å²) in [6.45, 7) is 2.43. The van der Waals surface area contributed by atoms with Gasteiger partial charge in [-0.25, -0.2) is 9.37 Å². The van der Waals surface area contributed by atoms with Gasteiger partial charge < -0.3 is 10.1 Å². The summed E-state index contributed by atoms with van der Waals surface area (Å²) in [7, 11) is 0. The molecule has 0 bridgehead atoms. The molecule has 138 valence electrons. The van der Waals surface area contributed by atoms with Crippen LogP contribution >= 0.6 is 11.3 Å². The number of carbonyl (C=O) groups is 1. The molecule has 1 amide bonds. The van der Waals surface area contributed by atoms with Gasteiger partial charge >= 0.3 is 0 Å². The fourth-order valence-corrected chi connectivity index (χ4v) is 4.23. The third kappa shape index (κ3) is 3.85. The predicted octanol–water partition coefficient (Wildman–Crippen LogP) is 4.44. The molecule has 0 aliphatic carbocycles. The van der Waals surface area contributed by atoms with E-state index < -0.39 is 0 Å². The zero-order valence-electron chi connectivity index (χ0n) is 14.9. The molecule has 1 aromatic heterocycles. The zero-order valence-corrected chi connectivity index (χ0v) is 15.7. The number of amides is 1. The second-order valence-corrected chi connectivity index (χ2v) is 7.61. The van der Waals surface area contributed by atoms with E-state index in [9.17, 15) is 9.18 Å². The molecular formula is C21H19FN2O2S. The molecule has 4 rings (SSSR count). The number of hydrogen-bond donors (Lipinski definition) is 1. The predicted molar refractivity (Wildman–Crippen MR) is 103 cm³/mol. The number of halogens is 1. The van der Waals surface area contributed by atoms with Gasteiger partial charge in [-0.1, -0.05) is 30.3 Å². The Balaban J connectivity index is 1.50. The molecule has 6 heteroatoms. The number of ether oxygens (including phenoxy) is 1. The summed E-state index contributed by atoms with van der Waals surface area (Å²) in [4.78, 5) is 18.0. The minimum atomic E-state index is -0.258. The van der Waals surface area contributed by atoms with Gasteiger partial charge in [-0.2, -0.15) is 0 Å². The van der Waals surface area contributed by atoms with Crippen molar-refractivity contribution in [2.45, 2.75) is 25.8 Å². The molecule has 1 unspecified atom stereocenters. The smallest absolute Gasteiger partial charge is 0.263 e. The van der Waals surface area contributed by atoms with Crippen molar-refractivity contribution in [2.75, 3.05) is 6.61 Å². The van der Waals surface area contributed by atoms with E-state index in [1.807, 2.05) is 31.2 Å². The lowest BCUT2D eigenvalue weighted by Gasteiger charge is -2.26. The Morgan fingerprint density at radius 1 is 1.26 bits per heavy atom. The van der Waals surface area contributed by atoms with E-state index in [1.54, 1.807) is 12.1 Å². The number of fused-ring (bicyclic) bond motifs is 1. The quantitative estimate of drug-likeness (QED) is 0.726. The SMILES string of the molecule is Cc1nc(Cc2ccc(F)cc2)sc1C(=O)NC1CCOc2ccccc21. The highest BCUT2D eigenvalue weighted by Crippen LogP contribution is 2.32. The normalized spacial score (nSPS) is 15.7. The van der Waals surface area contributed by atoms with Crippen molar-refractivity contribution in [2.24, 2.45) is 0 Å². The van der Waals surface area contributed by atoms with E-state index in [-0.39, 0.29) is 17.8 Å². The van der Waals surface area contributed by atoms with E-state index in [1.165, 1.54) is 23.5 Å². The van der Waals surface area contributed by atoms with Crippen molar-refractivity contribution in [3.8, 4) is 5.75 Å². The first-order valence-corrected chi connectivity index (χ1v) is 9.65. The van der Waals surface area contributed by atoms with Crippen molar-refractivity contribution in [3.63, 3.8) is 0 Å². The fourth-order valence-electron chi connectivity index (χ4n) is 3.23. The number of rotatable bonds is 4. The number of hydrogen-bond acceptors (Lipinski definition) is 4. The summed E-state index contributed by atoms with van der Waals surface area (Å²) < 4.78 is 18.7. The number of thiazole rings is 1. The maximum Gasteiger partial charge on any atom is 0.263 e. The Morgan fingerprint density at radius 3 is 2.85 bits per heavy atom. The molecule has 0 fully saturated rings. The fraction of sp³-hybridized carbons (Fsp3) is 0.238.